The highest BCUT2D eigenvalue weighted by molar-refractivity contribution is 9.10. The van der Waals surface area contributed by atoms with Crippen LogP contribution in [0, 0.1) is 0 Å². The highest BCUT2D eigenvalue weighted by atomic mass is 79.9. The van der Waals surface area contributed by atoms with Crippen LogP contribution in [0.1, 0.15) is 6.42 Å². The van der Waals surface area contributed by atoms with E-state index >= 15 is 0 Å². The van der Waals surface area contributed by atoms with E-state index in [9.17, 15) is 8.42 Å². The van der Waals surface area contributed by atoms with Crippen LogP contribution in [-0.4, -0.2) is 14.2 Å². The van der Waals surface area contributed by atoms with Crippen LogP contribution in [0.4, 0.5) is 5.69 Å². The summed E-state index contributed by atoms with van der Waals surface area (Å²) >= 11 is 3.34. The first-order valence-electron chi connectivity index (χ1n) is 4.51. The van der Waals surface area contributed by atoms with E-state index in [1.165, 1.54) is 5.41 Å². The molecule has 0 saturated heterocycles. The van der Waals surface area contributed by atoms with Crippen molar-refractivity contribution in [1.82, 2.24) is 0 Å². The smallest absolute Gasteiger partial charge is 0.173 e. The van der Waals surface area contributed by atoms with Gasteiger partial charge in [-0.05, 0) is 24.3 Å². The molecule has 15 heavy (non-hydrogen) atoms. The molecule has 1 aromatic rings. The van der Waals surface area contributed by atoms with Gasteiger partial charge in [-0.3, -0.25) is 0 Å². The molecule has 80 valence electrons. The van der Waals surface area contributed by atoms with Gasteiger partial charge in [-0.15, -0.1) is 0 Å². The summed E-state index contributed by atoms with van der Waals surface area (Å²) in [7, 11) is -2.96. The molecular formula is C10H10BrNO2S. The second kappa shape index (κ2) is 3.98. The van der Waals surface area contributed by atoms with Gasteiger partial charge >= 0.3 is 0 Å². The van der Waals surface area contributed by atoms with Crippen molar-refractivity contribution in [2.75, 3.05) is 11.1 Å². The molecule has 1 aliphatic heterocycles. The first-order chi connectivity index (χ1) is 7.05. The molecule has 1 heterocycles. The van der Waals surface area contributed by atoms with Gasteiger partial charge < -0.3 is 5.32 Å². The van der Waals surface area contributed by atoms with Crippen molar-refractivity contribution in [3.8, 4) is 0 Å². The predicted octanol–water partition coefficient (Wildman–Crippen LogP) is 2.52. The lowest BCUT2D eigenvalue weighted by Crippen LogP contribution is -1.96. The Balaban J connectivity index is 2.14. The van der Waals surface area contributed by atoms with Gasteiger partial charge in [-0.25, -0.2) is 8.42 Å². The predicted molar refractivity (Wildman–Crippen MR) is 64.3 cm³/mol. The fraction of sp³-hybridized carbons (Fsp3) is 0.200. The number of rotatable bonds is 2. The van der Waals surface area contributed by atoms with E-state index in [0.29, 0.717) is 6.42 Å². The number of nitrogens with one attached hydrogen (secondary N) is 1. The van der Waals surface area contributed by atoms with Crippen LogP contribution >= 0.6 is 15.9 Å². The second-order valence-corrected chi connectivity index (χ2v) is 6.28. The van der Waals surface area contributed by atoms with Crippen LogP contribution in [0.15, 0.2) is 39.8 Å². The highest BCUT2D eigenvalue weighted by Gasteiger charge is 2.17. The molecule has 0 atom stereocenters. The van der Waals surface area contributed by atoms with E-state index in [1.807, 2.05) is 24.3 Å². The second-order valence-electron chi connectivity index (χ2n) is 3.39. The van der Waals surface area contributed by atoms with Crippen molar-refractivity contribution in [2.24, 2.45) is 0 Å². The average molecular weight is 288 g/mol. The Morgan fingerprint density at radius 3 is 2.40 bits per heavy atom. The Kier molecular flexibility index (Phi) is 2.84. The van der Waals surface area contributed by atoms with E-state index in [0.717, 1.165) is 15.9 Å². The Labute approximate surface area is 97.2 Å². The van der Waals surface area contributed by atoms with Gasteiger partial charge in [-0.2, -0.15) is 0 Å². The topological polar surface area (TPSA) is 46.2 Å². The summed E-state index contributed by atoms with van der Waals surface area (Å²) in [6, 6.07) is 7.62. The van der Waals surface area contributed by atoms with Crippen molar-refractivity contribution in [3.05, 3.63) is 39.8 Å². The Hall–Kier alpha value is -0.810. The molecular weight excluding hydrogens is 278 g/mol. The molecule has 0 unspecified atom stereocenters. The Bertz CT molecular complexity index is 491. The average Bonchev–Trinajstić information content (AvgIpc) is 2.50. The SMILES string of the molecule is O=S1(=O)C=C(Nc2ccc(Br)cc2)CC1. The Morgan fingerprint density at radius 1 is 1.20 bits per heavy atom. The van der Waals surface area contributed by atoms with E-state index < -0.39 is 9.84 Å². The summed E-state index contributed by atoms with van der Waals surface area (Å²) in [5, 5.41) is 4.40. The van der Waals surface area contributed by atoms with Crippen LogP contribution in [0.5, 0.6) is 0 Å². The zero-order valence-corrected chi connectivity index (χ0v) is 10.3. The largest absolute Gasteiger partial charge is 0.358 e. The summed E-state index contributed by atoms with van der Waals surface area (Å²) in [5.74, 6) is 0.214. The summed E-state index contributed by atoms with van der Waals surface area (Å²) in [4.78, 5) is 0. The van der Waals surface area contributed by atoms with E-state index in [2.05, 4.69) is 21.2 Å². The fourth-order valence-corrected chi connectivity index (χ4v) is 2.89. The molecule has 0 amide bonds. The molecule has 1 aliphatic rings. The number of hydrogen-bond donors (Lipinski definition) is 1. The normalized spacial score (nSPS) is 18.6. The van der Waals surface area contributed by atoms with Gasteiger partial charge in [0.2, 0.25) is 0 Å². The maximum atomic E-state index is 11.2. The molecule has 1 aromatic carbocycles. The molecule has 0 bridgehead atoms. The lowest BCUT2D eigenvalue weighted by Gasteiger charge is -2.05. The van der Waals surface area contributed by atoms with Crippen molar-refractivity contribution in [2.45, 2.75) is 6.42 Å². The Morgan fingerprint density at radius 2 is 1.87 bits per heavy atom. The number of sulfone groups is 1. The lowest BCUT2D eigenvalue weighted by molar-refractivity contribution is 0.606. The van der Waals surface area contributed by atoms with Gasteiger partial charge in [0.1, 0.15) is 0 Å². The van der Waals surface area contributed by atoms with Gasteiger partial charge in [-0.1, -0.05) is 15.9 Å². The summed E-state index contributed by atoms with van der Waals surface area (Å²) in [5.41, 5.74) is 1.67. The van der Waals surface area contributed by atoms with Crippen molar-refractivity contribution >= 4 is 31.5 Å². The summed E-state index contributed by atoms with van der Waals surface area (Å²) in [6.45, 7) is 0. The summed E-state index contributed by atoms with van der Waals surface area (Å²) < 4.78 is 23.3. The first kappa shape index (κ1) is 10.7. The molecule has 3 nitrogen and oxygen atoms in total. The van der Waals surface area contributed by atoms with Crippen LogP contribution < -0.4 is 5.32 Å². The first-order valence-corrected chi connectivity index (χ1v) is 7.02. The molecule has 0 aliphatic carbocycles. The van der Waals surface area contributed by atoms with Crippen LogP contribution in [0.25, 0.3) is 0 Å². The monoisotopic (exact) mass is 287 g/mol. The van der Waals surface area contributed by atoms with Gasteiger partial charge in [0, 0.05) is 27.7 Å². The minimum absolute atomic E-state index is 0.214. The molecule has 1 N–H and O–H groups in total. The van der Waals surface area contributed by atoms with E-state index in [4.69, 9.17) is 0 Å². The molecule has 0 aromatic heterocycles. The van der Waals surface area contributed by atoms with Crippen molar-refractivity contribution < 1.29 is 8.42 Å². The van der Waals surface area contributed by atoms with E-state index in [-0.39, 0.29) is 5.75 Å². The van der Waals surface area contributed by atoms with Crippen LogP contribution in [-0.2, 0) is 9.84 Å². The van der Waals surface area contributed by atoms with Gasteiger partial charge in [0.05, 0.1) is 5.75 Å². The fourth-order valence-electron chi connectivity index (χ4n) is 1.40. The highest BCUT2D eigenvalue weighted by Crippen LogP contribution is 2.21. The lowest BCUT2D eigenvalue weighted by atomic mass is 10.3. The minimum Gasteiger partial charge on any atom is -0.358 e. The zero-order valence-electron chi connectivity index (χ0n) is 7.90. The molecule has 2 rings (SSSR count). The molecule has 0 radical (unpaired) electrons. The maximum absolute atomic E-state index is 11.2. The van der Waals surface area contributed by atoms with Gasteiger partial charge in [0.15, 0.2) is 9.84 Å². The third-order valence-electron chi connectivity index (χ3n) is 2.13. The zero-order chi connectivity index (χ0) is 10.9. The number of anilines is 1. The standard InChI is InChI=1S/C10H10BrNO2S/c11-8-1-3-9(4-2-8)12-10-5-6-15(13,14)7-10/h1-4,7,12H,5-6H2. The van der Waals surface area contributed by atoms with E-state index in [1.54, 1.807) is 0 Å². The number of halogens is 1. The molecule has 0 spiro atoms. The number of hydrogen-bond acceptors (Lipinski definition) is 3. The molecule has 5 heteroatoms. The summed E-state index contributed by atoms with van der Waals surface area (Å²) in [6.07, 6.45) is 0.568. The van der Waals surface area contributed by atoms with Crippen molar-refractivity contribution in [1.29, 1.82) is 0 Å². The number of benzene rings is 1. The molecule has 0 fully saturated rings. The maximum Gasteiger partial charge on any atom is 0.173 e. The third kappa shape index (κ3) is 2.82. The van der Waals surface area contributed by atoms with Crippen LogP contribution in [0.2, 0.25) is 0 Å². The quantitative estimate of drug-likeness (QED) is 0.909. The molecule has 0 saturated carbocycles. The van der Waals surface area contributed by atoms with Gasteiger partial charge in [0.25, 0.3) is 0 Å². The minimum atomic E-state index is -2.96. The third-order valence-corrected chi connectivity index (χ3v) is 4.07. The van der Waals surface area contributed by atoms with Crippen LogP contribution in [0.3, 0.4) is 0 Å². The van der Waals surface area contributed by atoms with Crippen molar-refractivity contribution in [3.63, 3.8) is 0 Å². The number of allylic oxidation sites excluding steroid dienone is 1.